The van der Waals surface area contributed by atoms with Gasteiger partial charge in [-0.25, -0.2) is 9.40 Å². The molecule has 142 valence electrons. The lowest BCUT2D eigenvalue weighted by Crippen LogP contribution is -2.31. The molecular weight excluding hydrogens is 359 g/mol. The Morgan fingerprint density at radius 1 is 1.21 bits per heavy atom. The molecule has 0 saturated carbocycles. The number of carbonyl (C=O) groups is 1. The summed E-state index contributed by atoms with van der Waals surface area (Å²) in [5, 5.41) is 5.94. The highest BCUT2D eigenvalue weighted by Gasteiger charge is 2.35. The van der Waals surface area contributed by atoms with Crippen molar-refractivity contribution in [2.75, 3.05) is 6.61 Å². The molecule has 0 N–H and O–H groups in total. The van der Waals surface area contributed by atoms with Gasteiger partial charge in [-0.2, -0.15) is 5.10 Å². The van der Waals surface area contributed by atoms with Crippen LogP contribution in [-0.2, 0) is 4.79 Å². The quantitative estimate of drug-likeness (QED) is 0.658. The van der Waals surface area contributed by atoms with E-state index in [1.807, 2.05) is 37.3 Å². The molecule has 5 nitrogen and oxygen atoms in total. The number of hydrazone groups is 1. The topological polar surface area (TPSA) is 55.0 Å². The van der Waals surface area contributed by atoms with Gasteiger partial charge in [0.05, 0.1) is 12.0 Å². The highest BCUT2D eigenvalue weighted by Crippen LogP contribution is 2.33. The predicted molar refractivity (Wildman–Crippen MR) is 103 cm³/mol. The normalized spacial score (nSPS) is 16.1. The Morgan fingerprint density at radius 3 is 2.75 bits per heavy atom. The third kappa shape index (κ3) is 3.81. The third-order valence-corrected chi connectivity index (χ3v) is 4.58. The SMILES string of the molecule is Cc1ccc(C2=NN(C(=O)COc3cccc(F)c3)[C@H](c3ccco3)C2)cc1. The average Bonchev–Trinajstić information content (AvgIpc) is 3.36. The molecule has 28 heavy (non-hydrogen) atoms. The molecule has 1 aromatic heterocycles. The molecule has 4 rings (SSSR count). The van der Waals surface area contributed by atoms with Crippen molar-refractivity contribution in [3.8, 4) is 5.75 Å². The van der Waals surface area contributed by atoms with Crippen LogP contribution in [0.2, 0.25) is 0 Å². The van der Waals surface area contributed by atoms with Crippen molar-refractivity contribution in [1.82, 2.24) is 5.01 Å². The van der Waals surface area contributed by atoms with E-state index in [1.165, 1.54) is 23.2 Å². The number of furan rings is 1. The summed E-state index contributed by atoms with van der Waals surface area (Å²) in [7, 11) is 0. The maximum Gasteiger partial charge on any atom is 0.281 e. The second kappa shape index (κ2) is 7.68. The Labute approximate surface area is 162 Å². The monoisotopic (exact) mass is 378 g/mol. The Balaban J connectivity index is 1.55. The van der Waals surface area contributed by atoms with Crippen molar-refractivity contribution in [1.29, 1.82) is 0 Å². The lowest BCUT2D eigenvalue weighted by atomic mass is 10.0. The molecule has 0 bridgehead atoms. The first-order valence-electron chi connectivity index (χ1n) is 8.98. The summed E-state index contributed by atoms with van der Waals surface area (Å²) in [4.78, 5) is 12.8. The van der Waals surface area contributed by atoms with Crippen LogP contribution in [0.5, 0.6) is 5.75 Å². The van der Waals surface area contributed by atoms with Gasteiger partial charge in [-0.3, -0.25) is 4.79 Å². The Kier molecular flexibility index (Phi) is 4.93. The second-order valence-corrected chi connectivity index (χ2v) is 6.63. The Hall–Kier alpha value is -3.41. The maximum atomic E-state index is 13.3. The van der Waals surface area contributed by atoms with Crippen molar-refractivity contribution in [2.24, 2.45) is 5.10 Å². The van der Waals surface area contributed by atoms with E-state index in [0.717, 1.165) is 16.8 Å². The van der Waals surface area contributed by atoms with Crippen LogP contribution in [0, 0.1) is 12.7 Å². The number of rotatable bonds is 5. The van der Waals surface area contributed by atoms with Gasteiger partial charge in [-0.1, -0.05) is 35.9 Å². The number of ether oxygens (including phenoxy) is 1. The van der Waals surface area contributed by atoms with Crippen LogP contribution in [-0.4, -0.2) is 23.2 Å². The van der Waals surface area contributed by atoms with Crippen molar-refractivity contribution in [2.45, 2.75) is 19.4 Å². The fourth-order valence-corrected chi connectivity index (χ4v) is 3.13. The molecule has 6 heteroatoms. The van der Waals surface area contributed by atoms with Crippen LogP contribution >= 0.6 is 0 Å². The van der Waals surface area contributed by atoms with Crippen molar-refractivity contribution < 1.29 is 18.3 Å². The first-order chi connectivity index (χ1) is 13.6. The van der Waals surface area contributed by atoms with Gasteiger partial charge in [-0.15, -0.1) is 0 Å². The molecule has 0 saturated heterocycles. The lowest BCUT2D eigenvalue weighted by molar-refractivity contribution is -0.135. The van der Waals surface area contributed by atoms with Gasteiger partial charge in [0.25, 0.3) is 5.91 Å². The molecular formula is C22H19FN2O3. The van der Waals surface area contributed by atoms with Crippen LogP contribution in [0.4, 0.5) is 4.39 Å². The predicted octanol–water partition coefficient (Wildman–Crippen LogP) is 4.48. The summed E-state index contributed by atoms with van der Waals surface area (Å²) in [6, 6.07) is 17.0. The fourth-order valence-electron chi connectivity index (χ4n) is 3.13. The minimum absolute atomic E-state index is 0.245. The van der Waals surface area contributed by atoms with Crippen LogP contribution in [0.3, 0.4) is 0 Å². The second-order valence-electron chi connectivity index (χ2n) is 6.63. The molecule has 1 amide bonds. The smallest absolute Gasteiger partial charge is 0.281 e. The lowest BCUT2D eigenvalue weighted by Gasteiger charge is -2.20. The molecule has 1 aliphatic rings. The minimum atomic E-state index is -0.417. The number of halogens is 1. The van der Waals surface area contributed by atoms with Gasteiger partial charge >= 0.3 is 0 Å². The van der Waals surface area contributed by atoms with Gasteiger partial charge in [0.15, 0.2) is 6.61 Å². The van der Waals surface area contributed by atoms with E-state index in [9.17, 15) is 9.18 Å². The summed E-state index contributed by atoms with van der Waals surface area (Å²) in [5.41, 5.74) is 2.92. The van der Waals surface area contributed by atoms with Gasteiger partial charge in [0, 0.05) is 12.5 Å². The van der Waals surface area contributed by atoms with E-state index in [0.29, 0.717) is 17.9 Å². The number of amides is 1. The summed E-state index contributed by atoms with van der Waals surface area (Å²) in [5.74, 6) is 0.210. The zero-order valence-corrected chi connectivity index (χ0v) is 15.3. The van der Waals surface area contributed by atoms with Crippen molar-refractivity contribution in [3.05, 3.63) is 89.6 Å². The summed E-state index contributed by atoms with van der Waals surface area (Å²) >= 11 is 0. The fraction of sp³-hybridized carbons (Fsp3) is 0.182. The standard InChI is InChI=1S/C22H19FN2O3/c1-15-7-9-16(10-8-15)19-13-20(21-6-3-11-27-21)25(24-19)22(26)14-28-18-5-2-4-17(23)12-18/h2-12,20H,13-14H2,1H3/t20-/m0/s1. The van der Waals surface area contributed by atoms with Crippen LogP contribution in [0.25, 0.3) is 0 Å². The average molecular weight is 378 g/mol. The van der Waals surface area contributed by atoms with E-state index >= 15 is 0 Å². The Bertz CT molecular complexity index is 997. The molecule has 0 fully saturated rings. The van der Waals surface area contributed by atoms with E-state index in [1.54, 1.807) is 18.4 Å². The third-order valence-electron chi connectivity index (χ3n) is 4.58. The zero-order valence-electron chi connectivity index (χ0n) is 15.3. The Morgan fingerprint density at radius 2 is 2.04 bits per heavy atom. The number of nitrogens with zero attached hydrogens (tertiary/aromatic N) is 2. The summed E-state index contributed by atoms with van der Waals surface area (Å²) < 4.78 is 24.3. The maximum absolute atomic E-state index is 13.3. The number of benzene rings is 2. The number of hydrogen-bond donors (Lipinski definition) is 0. The van der Waals surface area contributed by atoms with Gasteiger partial charge < -0.3 is 9.15 Å². The van der Waals surface area contributed by atoms with Crippen LogP contribution in [0.1, 0.15) is 29.3 Å². The van der Waals surface area contributed by atoms with Crippen LogP contribution < -0.4 is 4.74 Å². The molecule has 2 heterocycles. The van der Waals surface area contributed by atoms with Crippen molar-refractivity contribution >= 4 is 11.6 Å². The molecule has 0 radical (unpaired) electrons. The van der Waals surface area contributed by atoms with E-state index in [-0.39, 0.29) is 18.6 Å². The first-order valence-corrected chi connectivity index (χ1v) is 8.98. The van der Waals surface area contributed by atoms with Crippen molar-refractivity contribution in [3.63, 3.8) is 0 Å². The van der Waals surface area contributed by atoms with Crippen LogP contribution in [0.15, 0.2) is 76.4 Å². The minimum Gasteiger partial charge on any atom is -0.484 e. The van der Waals surface area contributed by atoms with Gasteiger partial charge in [0.2, 0.25) is 0 Å². The van der Waals surface area contributed by atoms with E-state index in [4.69, 9.17) is 9.15 Å². The highest BCUT2D eigenvalue weighted by molar-refractivity contribution is 6.03. The molecule has 1 aliphatic heterocycles. The number of carbonyl (C=O) groups excluding carboxylic acids is 1. The first kappa shape index (κ1) is 18.0. The summed E-state index contributed by atoms with van der Waals surface area (Å²) in [6.45, 7) is 1.77. The highest BCUT2D eigenvalue weighted by atomic mass is 19.1. The number of aryl methyl sites for hydroxylation is 1. The largest absolute Gasteiger partial charge is 0.484 e. The molecule has 0 spiro atoms. The molecule has 0 unspecified atom stereocenters. The van der Waals surface area contributed by atoms with E-state index in [2.05, 4.69) is 5.10 Å². The van der Waals surface area contributed by atoms with Gasteiger partial charge in [-0.05, 0) is 36.8 Å². The molecule has 2 aromatic carbocycles. The number of hydrogen-bond acceptors (Lipinski definition) is 4. The summed E-state index contributed by atoms with van der Waals surface area (Å²) in [6.07, 6.45) is 2.12. The molecule has 1 atom stereocenters. The van der Waals surface area contributed by atoms with E-state index < -0.39 is 5.82 Å². The molecule has 0 aliphatic carbocycles. The molecule has 3 aromatic rings. The van der Waals surface area contributed by atoms with Gasteiger partial charge in [0.1, 0.15) is 23.4 Å². The zero-order chi connectivity index (χ0) is 19.5.